The van der Waals surface area contributed by atoms with E-state index in [1.165, 1.54) is 32.2 Å². The Balaban J connectivity index is 2.88. The molecule has 0 heterocycles. The summed E-state index contributed by atoms with van der Waals surface area (Å²) in [5.74, 6) is -2.22. The molecule has 0 aromatic heterocycles. The van der Waals surface area contributed by atoms with Gasteiger partial charge in [-0.05, 0) is 24.6 Å². The monoisotopic (exact) mass is 411 g/mol. The van der Waals surface area contributed by atoms with Gasteiger partial charge in [0.25, 0.3) is 5.91 Å². The van der Waals surface area contributed by atoms with Gasteiger partial charge in [0.15, 0.2) is 0 Å². The van der Waals surface area contributed by atoms with E-state index < -0.39 is 41.7 Å². The molecule has 0 aliphatic rings. The van der Waals surface area contributed by atoms with Crippen LogP contribution >= 0.6 is 0 Å². The Labute approximate surface area is 169 Å². The minimum atomic E-state index is -1.26. The van der Waals surface area contributed by atoms with Crippen LogP contribution in [0.5, 0.6) is 0 Å². The van der Waals surface area contributed by atoms with Crippen molar-refractivity contribution < 1.29 is 23.9 Å². The highest BCUT2D eigenvalue weighted by molar-refractivity contribution is 5.92. The van der Waals surface area contributed by atoms with Crippen molar-refractivity contribution in [3.8, 4) is 0 Å². The number of hydrazine groups is 1. The molecule has 10 heteroatoms. The highest BCUT2D eigenvalue weighted by Gasteiger charge is 2.29. The van der Waals surface area contributed by atoms with E-state index in [0.717, 1.165) is 0 Å². The lowest BCUT2D eigenvalue weighted by atomic mass is 10.0. The van der Waals surface area contributed by atoms with Crippen molar-refractivity contribution in [1.82, 2.24) is 26.8 Å². The molecule has 6 N–H and O–H groups in total. The summed E-state index contributed by atoms with van der Waals surface area (Å²) < 4.78 is 13.4. The number of nitrogens with one attached hydrogen (secondary N) is 5. The molecule has 0 saturated heterocycles. The van der Waals surface area contributed by atoms with Gasteiger partial charge in [0, 0.05) is 19.5 Å². The number of hydrogen-bond acceptors (Lipinski definition) is 6. The van der Waals surface area contributed by atoms with Gasteiger partial charge >= 0.3 is 0 Å². The summed E-state index contributed by atoms with van der Waals surface area (Å²) in [5, 5.41) is 17.8. The molecule has 1 aromatic carbocycles. The highest BCUT2D eigenvalue weighted by atomic mass is 19.1. The maximum absolute atomic E-state index is 13.4. The van der Waals surface area contributed by atoms with Crippen LogP contribution in [0.2, 0.25) is 0 Å². The lowest BCUT2D eigenvalue weighted by Gasteiger charge is -2.25. The third kappa shape index (κ3) is 8.99. The molecular weight excluding hydrogens is 381 g/mol. The van der Waals surface area contributed by atoms with Crippen molar-refractivity contribution >= 4 is 17.7 Å². The summed E-state index contributed by atoms with van der Waals surface area (Å²) in [5.41, 5.74) is 5.35. The number of rotatable bonds is 11. The second kappa shape index (κ2) is 12.1. The second-order valence-electron chi connectivity index (χ2n) is 6.96. The van der Waals surface area contributed by atoms with E-state index in [2.05, 4.69) is 26.8 Å². The fourth-order valence-corrected chi connectivity index (χ4v) is 2.51. The van der Waals surface area contributed by atoms with Gasteiger partial charge in [0.05, 0.1) is 12.6 Å². The Kier molecular flexibility index (Phi) is 10.2. The lowest BCUT2D eigenvalue weighted by molar-refractivity contribution is -0.134. The third-order valence-corrected chi connectivity index (χ3v) is 3.96. The lowest BCUT2D eigenvalue weighted by Crippen LogP contribution is -2.59. The summed E-state index contributed by atoms with van der Waals surface area (Å²) in [7, 11) is 1.49. The van der Waals surface area contributed by atoms with E-state index >= 15 is 0 Å². The van der Waals surface area contributed by atoms with Gasteiger partial charge in [-0.2, -0.15) is 0 Å². The molecule has 1 rings (SSSR count). The summed E-state index contributed by atoms with van der Waals surface area (Å²) in [4.78, 5) is 37.0. The van der Waals surface area contributed by atoms with E-state index in [9.17, 15) is 23.9 Å². The number of aliphatic hydroxyl groups excluding tert-OH is 1. The third-order valence-electron chi connectivity index (χ3n) is 3.96. The predicted octanol–water partition coefficient (Wildman–Crippen LogP) is -1.03. The van der Waals surface area contributed by atoms with Crippen LogP contribution in [0.4, 0.5) is 4.39 Å². The van der Waals surface area contributed by atoms with E-state index in [0.29, 0.717) is 5.56 Å². The molecule has 0 radical (unpaired) electrons. The fourth-order valence-electron chi connectivity index (χ4n) is 2.51. The van der Waals surface area contributed by atoms with Crippen LogP contribution in [0.3, 0.4) is 0 Å². The Morgan fingerprint density at radius 1 is 1.10 bits per heavy atom. The molecule has 0 spiro atoms. The predicted molar refractivity (Wildman–Crippen MR) is 106 cm³/mol. The van der Waals surface area contributed by atoms with Crippen LogP contribution in [0, 0.1) is 5.82 Å². The van der Waals surface area contributed by atoms with Crippen molar-refractivity contribution in [1.29, 1.82) is 0 Å². The van der Waals surface area contributed by atoms with Crippen molar-refractivity contribution in [3.63, 3.8) is 0 Å². The quantitative estimate of drug-likeness (QED) is 0.258. The number of aliphatic hydroxyl groups is 1. The van der Waals surface area contributed by atoms with Crippen LogP contribution in [0.1, 0.15) is 26.3 Å². The van der Waals surface area contributed by atoms with Crippen molar-refractivity contribution in [2.24, 2.45) is 0 Å². The average Bonchev–Trinajstić information content (AvgIpc) is 2.63. The van der Waals surface area contributed by atoms with Gasteiger partial charge < -0.3 is 21.1 Å². The number of carbonyl (C=O) groups is 3. The van der Waals surface area contributed by atoms with Gasteiger partial charge in [-0.1, -0.05) is 26.0 Å². The molecule has 29 heavy (non-hydrogen) atoms. The topological polar surface area (TPSA) is 132 Å². The number of hydrogen-bond donors (Lipinski definition) is 6. The van der Waals surface area contributed by atoms with Gasteiger partial charge in [-0.3, -0.25) is 19.8 Å². The van der Waals surface area contributed by atoms with Gasteiger partial charge in [-0.25, -0.2) is 9.82 Å². The van der Waals surface area contributed by atoms with Crippen LogP contribution in [-0.4, -0.2) is 60.6 Å². The minimum Gasteiger partial charge on any atom is -0.391 e. The van der Waals surface area contributed by atoms with Crippen LogP contribution in [0.25, 0.3) is 0 Å². The Morgan fingerprint density at radius 2 is 1.79 bits per heavy atom. The zero-order valence-electron chi connectivity index (χ0n) is 17.1. The Morgan fingerprint density at radius 3 is 2.34 bits per heavy atom. The van der Waals surface area contributed by atoms with Crippen molar-refractivity contribution in [3.05, 3.63) is 35.6 Å². The SMILES string of the molecule is CNNC(=O)[C@H](Cc1cccc(F)c1)NC(=O)C(NC(=O)CNC(C)C)C(C)O. The summed E-state index contributed by atoms with van der Waals surface area (Å²) in [6.45, 7) is 5.06. The molecule has 0 aliphatic heterocycles. The average molecular weight is 411 g/mol. The van der Waals surface area contributed by atoms with E-state index in [-0.39, 0.29) is 19.0 Å². The second-order valence-corrected chi connectivity index (χ2v) is 6.96. The molecule has 0 aliphatic carbocycles. The maximum Gasteiger partial charge on any atom is 0.256 e. The molecule has 1 aromatic rings. The number of amides is 3. The zero-order valence-corrected chi connectivity index (χ0v) is 17.1. The molecule has 0 bridgehead atoms. The smallest absolute Gasteiger partial charge is 0.256 e. The first-order chi connectivity index (χ1) is 13.6. The minimum absolute atomic E-state index is 0.0202. The van der Waals surface area contributed by atoms with E-state index in [4.69, 9.17) is 0 Å². The normalized spacial score (nSPS) is 14.0. The Bertz CT molecular complexity index is 699. The standard InChI is InChI=1S/C19H30FN5O4/c1-11(2)22-10-16(27)24-17(12(3)26)19(29)23-15(18(28)25-21-4)9-13-6-5-7-14(20)8-13/h5-8,11-12,15,17,21-22,26H,9-10H2,1-4H3,(H,23,29)(H,24,27)(H,25,28)/t12?,15-,17?/m0/s1. The number of halogens is 1. The largest absolute Gasteiger partial charge is 0.391 e. The first-order valence-electron chi connectivity index (χ1n) is 9.36. The summed E-state index contributed by atoms with van der Waals surface area (Å²) in [6.07, 6.45) is -1.17. The van der Waals surface area contributed by atoms with Crippen LogP contribution in [-0.2, 0) is 20.8 Å². The molecular formula is C19H30FN5O4. The summed E-state index contributed by atoms with van der Waals surface area (Å²) in [6, 6.07) is 3.42. The molecule has 0 saturated carbocycles. The highest BCUT2D eigenvalue weighted by Crippen LogP contribution is 2.07. The van der Waals surface area contributed by atoms with Gasteiger partial charge in [0.2, 0.25) is 11.8 Å². The molecule has 9 nitrogen and oxygen atoms in total. The first-order valence-corrected chi connectivity index (χ1v) is 9.36. The zero-order chi connectivity index (χ0) is 22.0. The van der Waals surface area contributed by atoms with Gasteiger partial charge in [0.1, 0.15) is 17.9 Å². The summed E-state index contributed by atoms with van der Waals surface area (Å²) >= 11 is 0. The molecule has 162 valence electrons. The molecule has 3 atom stereocenters. The number of benzene rings is 1. The maximum atomic E-state index is 13.4. The van der Waals surface area contributed by atoms with Crippen LogP contribution < -0.4 is 26.8 Å². The Hall–Kier alpha value is -2.56. The van der Waals surface area contributed by atoms with E-state index in [1.807, 2.05) is 13.8 Å². The van der Waals surface area contributed by atoms with Crippen molar-refractivity contribution in [2.75, 3.05) is 13.6 Å². The van der Waals surface area contributed by atoms with E-state index in [1.54, 1.807) is 6.07 Å². The van der Waals surface area contributed by atoms with Gasteiger partial charge in [-0.15, -0.1) is 0 Å². The fraction of sp³-hybridized carbons (Fsp3) is 0.526. The molecule has 2 unspecified atom stereocenters. The van der Waals surface area contributed by atoms with Crippen molar-refractivity contribution in [2.45, 2.75) is 51.4 Å². The number of carbonyl (C=O) groups excluding carboxylic acids is 3. The molecule has 3 amide bonds. The first kappa shape index (κ1) is 24.5. The molecule has 0 fully saturated rings. The van der Waals surface area contributed by atoms with Crippen LogP contribution in [0.15, 0.2) is 24.3 Å².